The van der Waals surface area contributed by atoms with Gasteiger partial charge in [-0.25, -0.2) is 4.79 Å². The number of hydrogen-bond acceptors (Lipinski definition) is 4. The standard InChI is InChI=1S/C15H23N3O3/c1-12-3-4-14(21-12)13(17-7-9-20-10-8-17)11-16-15(19)18-5-2-6-18/h3-4,13H,2,5-11H2,1H3,(H,16,19)/t13-/m0/s1. The summed E-state index contributed by atoms with van der Waals surface area (Å²) in [5.74, 6) is 1.82. The maximum atomic E-state index is 12.0. The molecular weight excluding hydrogens is 270 g/mol. The highest BCUT2D eigenvalue weighted by molar-refractivity contribution is 5.74. The Labute approximate surface area is 125 Å². The fraction of sp³-hybridized carbons (Fsp3) is 0.667. The van der Waals surface area contributed by atoms with E-state index in [0.29, 0.717) is 6.54 Å². The summed E-state index contributed by atoms with van der Waals surface area (Å²) in [4.78, 5) is 16.1. The van der Waals surface area contributed by atoms with E-state index in [9.17, 15) is 4.79 Å². The van der Waals surface area contributed by atoms with Crippen molar-refractivity contribution < 1.29 is 13.9 Å². The van der Waals surface area contributed by atoms with E-state index in [1.54, 1.807) is 0 Å². The molecule has 2 amide bonds. The molecule has 3 rings (SSSR count). The average Bonchev–Trinajstić information content (AvgIpc) is 2.85. The van der Waals surface area contributed by atoms with Gasteiger partial charge >= 0.3 is 6.03 Å². The molecule has 2 aliphatic rings. The molecule has 2 fully saturated rings. The summed E-state index contributed by atoms with van der Waals surface area (Å²) >= 11 is 0. The Hall–Kier alpha value is -1.53. The lowest BCUT2D eigenvalue weighted by Crippen LogP contribution is -2.50. The lowest BCUT2D eigenvalue weighted by atomic mass is 10.1. The number of urea groups is 1. The van der Waals surface area contributed by atoms with Gasteiger partial charge < -0.3 is 19.4 Å². The molecule has 0 aliphatic carbocycles. The third-order valence-corrected chi connectivity index (χ3v) is 4.17. The monoisotopic (exact) mass is 293 g/mol. The van der Waals surface area contributed by atoms with Crippen LogP contribution in [0.1, 0.15) is 24.0 Å². The molecule has 1 aromatic rings. The number of aryl methyl sites for hydroxylation is 1. The molecule has 0 radical (unpaired) electrons. The highest BCUT2D eigenvalue weighted by Crippen LogP contribution is 2.23. The van der Waals surface area contributed by atoms with E-state index in [0.717, 1.165) is 57.3 Å². The molecule has 1 N–H and O–H groups in total. The molecule has 3 heterocycles. The first kappa shape index (κ1) is 14.4. The molecule has 0 saturated carbocycles. The summed E-state index contributed by atoms with van der Waals surface area (Å²) in [7, 11) is 0. The third-order valence-electron chi connectivity index (χ3n) is 4.17. The summed E-state index contributed by atoms with van der Waals surface area (Å²) in [5.41, 5.74) is 0. The zero-order valence-electron chi connectivity index (χ0n) is 12.5. The SMILES string of the molecule is Cc1ccc([C@H](CNC(=O)N2CCC2)N2CCOCC2)o1. The number of ether oxygens (including phenoxy) is 1. The molecule has 21 heavy (non-hydrogen) atoms. The predicted molar refractivity (Wildman–Crippen MR) is 78.2 cm³/mol. The fourth-order valence-electron chi connectivity index (χ4n) is 2.75. The van der Waals surface area contributed by atoms with Crippen LogP contribution in [0.3, 0.4) is 0 Å². The minimum Gasteiger partial charge on any atom is -0.465 e. The Morgan fingerprint density at radius 3 is 2.62 bits per heavy atom. The molecule has 0 bridgehead atoms. The molecule has 2 saturated heterocycles. The molecule has 116 valence electrons. The highest BCUT2D eigenvalue weighted by atomic mass is 16.5. The molecular formula is C15H23N3O3. The van der Waals surface area contributed by atoms with E-state index in [2.05, 4.69) is 10.2 Å². The minimum absolute atomic E-state index is 0.0304. The topological polar surface area (TPSA) is 58.0 Å². The second-order valence-corrected chi connectivity index (χ2v) is 5.64. The fourth-order valence-corrected chi connectivity index (χ4v) is 2.75. The zero-order chi connectivity index (χ0) is 14.7. The number of nitrogens with one attached hydrogen (secondary N) is 1. The van der Waals surface area contributed by atoms with Crippen molar-refractivity contribution in [3.63, 3.8) is 0 Å². The Morgan fingerprint density at radius 2 is 2.05 bits per heavy atom. The van der Waals surface area contributed by atoms with E-state index in [-0.39, 0.29) is 12.1 Å². The lowest BCUT2D eigenvalue weighted by Gasteiger charge is -2.35. The van der Waals surface area contributed by atoms with Gasteiger partial charge in [-0.15, -0.1) is 0 Å². The number of rotatable bonds is 4. The van der Waals surface area contributed by atoms with E-state index < -0.39 is 0 Å². The highest BCUT2D eigenvalue weighted by Gasteiger charge is 2.27. The molecule has 1 atom stereocenters. The van der Waals surface area contributed by atoms with Crippen LogP contribution < -0.4 is 5.32 Å². The van der Waals surface area contributed by atoms with Gasteiger partial charge in [-0.1, -0.05) is 0 Å². The quantitative estimate of drug-likeness (QED) is 0.911. The normalized spacial score (nSPS) is 20.9. The summed E-state index contributed by atoms with van der Waals surface area (Å²) < 4.78 is 11.2. The van der Waals surface area contributed by atoms with Gasteiger partial charge in [-0.3, -0.25) is 4.90 Å². The van der Waals surface area contributed by atoms with Crippen LogP contribution in [0, 0.1) is 6.92 Å². The van der Waals surface area contributed by atoms with Crippen LogP contribution in [0.4, 0.5) is 4.79 Å². The van der Waals surface area contributed by atoms with Crippen LogP contribution in [-0.4, -0.2) is 61.8 Å². The van der Waals surface area contributed by atoms with E-state index >= 15 is 0 Å². The number of amides is 2. The van der Waals surface area contributed by atoms with E-state index in [1.807, 2.05) is 24.0 Å². The van der Waals surface area contributed by atoms with Crippen molar-refractivity contribution in [1.82, 2.24) is 15.1 Å². The van der Waals surface area contributed by atoms with Crippen LogP contribution >= 0.6 is 0 Å². The molecule has 6 heteroatoms. The molecule has 6 nitrogen and oxygen atoms in total. The van der Waals surface area contributed by atoms with Crippen LogP contribution in [0.15, 0.2) is 16.5 Å². The Morgan fingerprint density at radius 1 is 1.29 bits per heavy atom. The van der Waals surface area contributed by atoms with Crippen LogP contribution in [0.25, 0.3) is 0 Å². The summed E-state index contributed by atoms with van der Waals surface area (Å²) in [6.07, 6.45) is 1.11. The van der Waals surface area contributed by atoms with Crippen LogP contribution in [0.2, 0.25) is 0 Å². The number of hydrogen-bond donors (Lipinski definition) is 1. The number of likely N-dealkylation sites (tertiary alicyclic amines) is 1. The largest absolute Gasteiger partial charge is 0.465 e. The zero-order valence-corrected chi connectivity index (χ0v) is 12.5. The molecule has 0 spiro atoms. The second kappa shape index (κ2) is 6.49. The van der Waals surface area contributed by atoms with Crippen LogP contribution in [0.5, 0.6) is 0 Å². The number of furan rings is 1. The van der Waals surface area contributed by atoms with Crippen molar-refractivity contribution in [2.45, 2.75) is 19.4 Å². The number of carbonyl (C=O) groups is 1. The van der Waals surface area contributed by atoms with Crippen LogP contribution in [-0.2, 0) is 4.74 Å². The summed E-state index contributed by atoms with van der Waals surface area (Å²) in [6.45, 7) is 7.45. The van der Waals surface area contributed by atoms with Gasteiger partial charge in [0.05, 0.1) is 19.3 Å². The average molecular weight is 293 g/mol. The maximum Gasteiger partial charge on any atom is 0.317 e. The first-order valence-corrected chi connectivity index (χ1v) is 7.65. The van der Waals surface area contributed by atoms with Crippen molar-refractivity contribution in [2.75, 3.05) is 45.9 Å². The number of nitrogens with zero attached hydrogens (tertiary/aromatic N) is 2. The summed E-state index contributed by atoms with van der Waals surface area (Å²) in [5, 5.41) is 3.03. The predicted octanol–water partition coefficient (Wildman–Crippen LogP) is 1.38. The van der Waals surface area contributed by atoms with Gasteiger partial charge in [0, 0.05) is 32.7 Å². The van der Waals surface area contributed by atoms with Gasteiger partial charge in [-0.2, -0.15) is 0 Å². The van der Waals surface area contributed by atoms with Gasteiger partial charge in [-0.05, 0) is 25.5 Å². The summed E-state index contributed by atoms with van der Waals surface area (Å²) in [6, 6.07) is 4.08. The van der Waals surface area contributed by atoms with E-state index in [1.165, 1.54) is 0 Å². The smallest absolute Gasteiger partial charge is 0.317 e. The Kier molecular flexibility index (Phi) is 4.45. The van der Waals surface area contributed by atoms with Gasteiger partial charge in [0.15, 0.2) is 0 Å². The second-order valence-electron chi connectivity index (χ2n) is 5.64. The van der Waals surface area contributed by atoms with Crippen molar-refractivity contribution in [3.8, 4) is 0 Å². The van der Waals surface area contributed by atoms with Crippen molar-refractivity contribution in [1.29, 1.82) is 0 Å². The first-order chi connectivity index (χ1) is 10.2. The van der Waals surface area contributed by atoms with Gasteiger partial charge in [0.25, 0.3) is 0 Å². The number of carbonyl (C=O) groups excluding carboxylic acids is 1. The third kappa shape index (κ3) is 3.39. The lowest BCUT2D eigenvalue weighted by molar-refractivity contribution is 0.0118. The van der Waals surface area contributed by atoms with Gasteiger partial charge in [0.2, 0.25) is 0 Å². The van der Waals surface area contributed by atoms with Crippen molar-refractivity contribution >= 4 is 6.03 Å². The van der Waals surface area contributed by atoms with Crippen molar-refractivity contribution in [3.05, 3.63) is 23.7 Å². The van der Waals surface area contributed by atoms with Gasteiger partial charge in [0.1, 0.15) is 11.5 Å². The minimum atomic E-state index is 0.0304. The van der Waals surface area contributed by atoms with Crippen molar-refractivity contribution in [2.24, 2.45) is 0 Å². The Bertz CT molecular complexity index is 478. The molecule has 1 aromatic heterocycles. The molecule has 0 unspecified atom stereocenters. The Balaban J connectivity index is 1.64. The molecule has 0 aromatic carbocycles. The maximum absolute atomic E-state index is 12.0. The number of morpholine rings is 1. The van der Waals surface area contributed by atoms with E-state index in [4.69, 9.17) is 9.15 Å². The molecule has 2 aliphatic heterocycles. The first-order valence-electron chi connectivity index (χ1n) is 7.65.